The number of ether oxygens (including phenoxy) is 1. The first-order chi connectivity index (χ1) is 15.5. The molecule has 0 bridgehead atoms. The minimum atomic E-state index is -4.73. The number of Topliss-reactive ketones (excluding diaryl/α,β-unsaturated/α-hetero) is 1. The molecule has 3 N–H and O–H groups in total. The van der Waals surface area contributed by atoms with Gasteiger partial charge in [0.05, 0.1) is 39.0 Å². The van der Waals surface area contributed by atoms with Gasteiger partial charge in [0.2, 0.25) is 0 Å². The number of phenolic OH excluding ortho intramolecular Hbond substituents is 1. The van der Waals surface area contributed by atoms with Gasteiger partial charge in [-0.1, -0.05) is 0 Å². The summed E-state index contributed by atoms with van der Waals surface area (Å²) in [6.07, 6.45) is -4.73. The fourth-order valence-electron chi connectivity index (χ4n) is 3.65. The second-order valence-electron chi connectivity index (χ2n) is 7.26. The van der Waals surface area contributed by atoms with Crippen LogP contribution < -0.4 is 10.5 Å². The number of nitrogens with two attached hydrogens (primary N) is 1. The summed E-state index contributed by atoms with van der Waals surface area (Å²) in [6, 6.07) is 10.6. The van der Waals surface area contributed by atoms with Crippen molar-refractivity contribution in [2.75, 3.05) is 7.11 Å². The van der Waals surface area contributed by atoms with E-state index in [0.29, 0.717) is 26.8 Å². The van der Waals surface area contributed by atoms with Crippen molar-refractivity contribution >= 4 is 33.2 Å². The molecule has 10 heteroatoms. The number of ketones is 1. The number of nitrogens with zero attached hydrogens (tertiary/aromatic N) is 1. The molecule has 1 amide bonds. The van der Waals surface area contributed by atoms with Gasteiger partial charge in [0.25, 0.3) is 5.91 Å². The average Bonchev–Trinajstić information content (AvgIpc) is 3.30. The molecular formula is C23H17F3N2O4S. The largest absolute Gasteiger partial charge is 0.508 e. The SMILES string of the molecule is COc1cc(-n2c(-c3ccc(O)cc3C(F)(F)F)cc3sc(C(C)=O)cc32)ccc1C(N)=O. The van der Waals surface area contributed by atoms with E-state index >= 15 is 0 Å². The predicted molar refractivity (Wildman–Crippen MR) is 118 cm³/mol. The van der Waals surface area contributed by atoms with Gasteiger partial charge in [0.15, 0.2) is 5.78 Å². The van der Waals surface area contributed by atoms with Gasteiger partial charge in [-0.25, -0.2) is 0 Å². The van der Waals surface area contributed by atoms with Crippen LogP contribution in [-0.2, 0) is 6.18 Å². The number of carbonyl (C=O) groups excluding carboxylic acids is 2. The maximum atomic E-state index is 13.8. The number of benzene rings is 2. The number of methoxy groups -OCH3 is 1. The third kappa shape index (κ3) is 3.93. The van der Waals surface area contributed by atoms with E-state index in [9.17, 15) is 27.9 Å². The molecule has 2 heterocycles. The molecule has 170 valence electrons. The van der Waals surface area contributed by atoms with Crippen LogP contribution in [0.2, 0.25) is 0 Å². The van der Waals surface area contributed by atoms with Gasteiger partial charge >= 0.3 is 6.18 Å². The number of thiophene rings is 1. The fourth-order valence-corrected chi connectivity index (χ4v) is 4.63. The molecule has 0 unspecified atom stereocenters. The number of rotatable bonds is 5. The number of hydrogen-bond donors (Lipinski definition) is 2. The molecule has 0 spiro atoms. The lowest BCUT2D eigenvalue weighted by molar-refractivity contribution is -0.137. The molecule has 2 aromatic heterocycles. The molecule has 0 fully saturated rings. The van der Waals surface area contributed by atoms with Crippen molar-refractivity contribution in [2.45, 2.75) is 13.1 Å². The zero-order chi connectivity index (χ0) is 24.1. The molecule has 0 atom stereocenters. The summed E-state index contributed by atoms with van der Waals surface area (Å²) in [5.74, 6) is -1.26. The zero-order valence-corrected chi connectivity index (χ0v) is 18.2. The molecule has 0 saturated carbocycles. The van der Waals surface area contributed by atoms with Crippen LogP contribution >= 0.6 is 11.3 Å². The van der Waals surface area contributed by atoms with Crippen LogP contribution in [0.15, 0.2) is 48.5 Å². The monoisotopic (exact) mass is 474 g/mol. The van der Waals surface area contributed by atoms with Crippen molar-refractivity contribution in [3.05, 3.63) is 64.5 Å². The highest BCUT2D eigenvalue weighted by Crippen LogP contribution is 2.43. The maximum absolute atomic E-state index is 13.8. The number of aromatic hydroxyl groups is 1. The summed E-state index contributed by atoms with van der Waals surface area (Å²) >= 11 is 1.16. The third-order valence-electron chi connectivity index (χ3n) is 5.13. The highest BCUT2D eigenvalue weighted by molar-refractivity contribution is 7.20. The molecule has 0 aliphatic heterocycles. The van der Waals surface area contributed by atoms with Crippen LogP contribution in [0, 0.1) is 0 Å². The van der Waals surface area contributed by atoms with E-state index in [2.05, 4.69) is 0 Å². The summed E-state index contributed by atoms with van der Waals surface area (Å²) < 4.78 is 48.9. The Kier molecular flexibility index (Phi) is 5.41. The Morgan fingerprint density at radius 2 is 1.82 bits per heavy atom. The second-order valence-corrected chi connectivity index (χ2v) is 8.34. The van der Waals surface area contributed by atoms with Crippen LogP contribution in [0.25, 0.3) is 27.2 Å². The lowest BCUT2D eigenvalue weighted by atomic mass is 10.0. The Bertz CT molecular complexity index is 1420. The number of carbonyl (C=O) groups is 2. The summed E-state index contributed by atoms with van der Waals surface area (Å²) in [6.45, 7) is 1.41. The van der Waals surface area contributed by atoms with Crippen molar-refractivity contribution in [1.29, 1.82) is 0 Å². The Labute approximate surface area is 189 Å². The standard InChI is InChI=1S/C23H17F3N2O4S/c1-11(29)20-10-18-21(33-20)9-17(14-6-4-13(30)8-16(14)23(24,25)26)28(18)12-3-5-15(22(27)31)19(7-12)32-2/h3-10,30H,1-2H3,(H2,27,31). The average molecular weight is 474 g/mol. The molecule has 0 aliphatic carbocycles. The van der Waals surface area contributed by atoms with Crippen LogP contribution in [0.5, 0.6) is 11.5 Å². The number of hydrogen-bond acceptors (Lipinski definition) is 5. The maximum Gasteiger partial charge on any atom is 0.417 e. The number of halogens is 3. The number of amides is 1. The normalized spacial score (nSPS) is 11.7. The molecule has 0 saturated heterocycles. The van der Waals surface area contributed by atoms with Gasteiger partial charge in [0, 0.05) is 17.3 Å². The molecule has 4 aromatic rings. The highest BCUT2D eigenvalue weighted by Gasteiger charge is 2.35. The van der Waals surface area contributed by atoms with Crippen LogP contribution in [0.4, 0.5) is 13.2 Å². The Morgan fingerprint density at radius 1 is 1.09 bits per heavy atom. The Morgan fingerprint density at radius 3 is 2.42 bits per heavy atom. The van der Waals surface area contributed by atoms with E-state index in [-0.39, 0.29) is 28.4 Å². The van der Waals surface area contributed by atoms with Gasteiger partial charge in [-0.2, -0.15) is 13.2 Å². The highest BCUT2D eigenvalue weighted by atomic mass is 32.1. The zero-order valence-electron chi connectivity index (χ0n) is 17.4. The van der Waals surface area contributed by atoms with Crippen LogP contribution in [-0.4, -0.2) is 28.5 Å². The van der Waals surface area contributed by atoms with Crippen molar-refractivity contribution in [3.63, 3.8) is 0 Å². The smallest absolute Gasteiger partial charge is 0.417 e. The Hall–Kier alpha value is -3.79. The first-order valence-electron chi connectivity index (χ1n) is 9.56. The molecule has 2 aromatic carbocycles. The number of aromatic nitrogens is 1. The van der Waals surface area contributed by atoms with E-state index in [0.717, 1.165) is 11.3 Å². The molecule has 0 radical (unpaired) electrons. The molecule has 4 rings (SSSR count). The van der Waals surface area contributed by atoms with Gasteiger partial charge in [-0.05, 0) is 49.4 Å². The van der Waals surface area contributed by atoms with Gasteiger partial charge < -0.3 is 20.1 Å². The van der Waals surface area contributed by atoms with E-state index in [4.69, 9.17) is 10.5 Å². The van der Waals surface area contributed by atoms with Gasteiger partial charge in [-0.15, -0.1) is 11.3 Å². The van der Waals surface area contributed by atoms with Crippen molar-refractivity contribution in [2.24, 2.45) is 5.73 Å². The summed E-state index contributed by atoms with van der Waals surface area (Å²) in [5.41, 5.74) is 5.41. The minimum absolute atomic E-state index is 0.113. The molecular weight excluding hydrogens is 457 g/mol. The van der Waals surface area contributed by atoms with Gasteiger partial charge in [-0.3, -0.25) is 9.59 Å². The van der Waals surface area contributed by atoms with Crippen molar-refractivity contribution < 1.29 is 32.6 Å². The van der Waals surface area contributed by atoms with E-state index in [1.54, 1.807) is 16.7 Å². The summed E-state index contributed by atoms with van der Waals surface area (Å²) in [5, 5.41) is 9.68. The lowest BCUT2D eigenvalue weighted by Gasteiger charge is -2.17. The predicted octanol–water partition coefficient (Wildman–Crippen LogP) is 5.39. The second kappa shape index (κ2) is 7.96. The number of fused-ring (bicyclic) bond motifs is 1. The van der Waals surface area contributed by atoms with Gasteiger partial charge in [0.1, 0.15) is 11.5 Å². The van der Waals surface area contributed by atoms with Crippen molar-refractivity contribution in [3.8, 4) is 28.4 Å². The van der Waals surface area contributed by atoms with E-state index < -0.39 is 23.4 Å². The van der Waals surface area contributed by atoms with Crippen LogP contribution in [0.1, 0.15) is 32.5 Å². The first kappa shape index (κ1) is 22.4. The van der Waals surface area contributed by atoms with Crippen molar-refractivity contribution in [1.82, 2.24) is 4.57 Å². The lowest BCUT2D eigenvalue weighted by Crippen LogP contribution is -2.13. The summed E-state index contributed by atoms with van der Waals surface area (Å²) in [7, 11) is 1.35. The topological polar surface area (TPSA) is 94.6 Å². The Balaban J connectivity index is 2.07. The summed E-state index contributed by atoms with van der Waals surface area (Å²) in [4.78, 5) is 24.1. The molecule has 33 heavy (non-hydrogen) atoms. The molecule has 6 nitrogen and oxygen atoms in total. The first-order valence-corrected chi connectivity index (χ1v) is 10.4. The quantitative estimate of drug-likeness (QED) is 0.379. The number of alkyl halides is 3. The minimum Gasteiger partial charge on any atom is -0.508 e. The fraction of sp³-hybridized carbons (Fsp3) is 0.130. The number of phenols is 1. The van der Waals surface area contributed by atoms with E-state index in [1.807, 2.05) is 0 Å². The number of primary amides is 1. The van der Waals surface area contributed by atoms with Crippen LogP contribution in [0.3, 0.4) is 0 Å². The van der Waals surface area contributed by atoms with E-state index in [1.165, 1.54) is 44.4 Å². The molecule has 0 aliphatic rings. The third-order valence-corrected chi connectivity index (χ3v) is 6.30.